The molecule has 1 aliphatic carbocycles. The van der Waals surface area contributed by atoms with Gasteiger partial charge in [0, 0.05) is 11.5 Å². The highest BCUT2D eigenvalue weighted by molar-refractivity contribution is 5.44. The molecule has 17 heavy (non-hydrogen) atoms. The highest BCUT2D eigenvalue weighted by atomic mass is 16.3. The highest BCUT2D eigenvalue weighted by Gasteiger charge is 2.48. The number of phenols is 1. The maximum Gasteiger partial charge on any atom is 0.115 e. The summed E-state index contributed by atoms with van der Waals surface area (Å²) in [7, 11) is 2.25. The fourth-order valence-electron chi connectivity index (χ4n) is 4.07. The first kappa shape index (κ1) is 11.1. The van der Waals surface area contributed by atoms with Crippen LogP contribution in [0.15, 0.2) is 18.2 Å². The largest absolute Gasteiger partial charge is 0.508 e. The van der Waals surface area contributed by atoms with Crippen LogP contribution in [-0.2, 0) is 11.8 Å². The van der Waals surface area contributed by atoms with Crippen molar-refractivity contribution < 1.29 is 5.11 Å². The average molecular weight is 231 g/mol. The highest BCUT2D eigenvalue weighted by Crippen LogP contribution is 2.49. The summed E-state index contributed by atoms with van der Waals surface area (Å²) in [5.74, 6) is 0.423. The quantitative estimate of drug-likeness (QED) is 0.803. The fourth-order valence-corrected chi connectivity index (χ4v) is 4.07. The van der Waals surface area contributed by atoms with Gasteiger partial charge in [0.15, 0.2) is 0 Å². The second-order valence-electron chi connectivity index (χ2n) is 5.64. The summed E-state index contributed by atoms with van der Waals surface area (Å²) < 4.78 is 0. The van der Waals surface area contributed by atoms with Gasteiger partial charge in [0.1, 0.15) is 5.75 Å². The van der Waals surface area contributed by atoms with Crippen molar-refractivity contribution in [1.82, 2.24) is 4.90 Å². The van der Waals surface area contributed by atoms with E-state index < -0.39 is 0 Å². The first-order chi connectivity index (χ1) is 8.17. The van der Waals surface area contributed by atoms with Crippen LogP contribution < -0.4 is 0 Å². The molecule has 0 aromatic heterocycles. The Labute approximate surface area is 103 Å². The lowest BCUT2D eigenvalue weighted by Gasteiger charge is -2.42. The second-order valence-corrected chi connectivity index (χ2v) is 5.64. The molecular formula is C15H21NO. The zero-order valence-electron chi connectivity index (χ0n) is 10.7. The molecule has 92 valence electrons. The van der Waals surface area contributed by atoms with Crippen LogP contribution in [0, 0.1) is 0 Å². The molecular weight excluding hydrogens is 210 g/mol. The van der Waals surface area contributed by atoms with Gasteiger partial charge in [-0.25, -0.2) is 0 Å². The topological polar surface area (TPSA) is 23.5 Å². The van der Waals surface area contributed by atoms with Crippen molar-refractivity contribution in [2.75, 3.05) is 13.6 Å². The molecule has 1 fully saturated rings. The third-order valence-electron chi connectivity index (χ3n) is 5.03. The molecule has 0 unspecified atom stereocenters. The standard InChI is InChI=1S/C15H21NO/c1-3-15-8-9-16(2)14(15)7-5-11-4-6-12(17)10-13(11)15/h4,6,10,14,17H,3,5,7-9H2,1-2H3/t14-,15+/m1/s1. The molecule has 0 amide bonds. The van der Waals surface area contributed by atoms with Gasteiger partial charge in [-0.15, -0.1) is 0 Å². The van der Waals surface area contributed by atoms with Crippen molar-refractivity contribution in [3.8, 4) is 5.75 Å². The number of likely N-dealkylation sites (tertiary alicyclic amines) is 1. The molecule has 3 rings (SSSR count). The van der Waals surface area contributed by atoms with E-state index in [0.717, 1.165) is 6.42 Å². The molecule has 1 N–H and O–H groups in total. The smallest absolute Gasteiger partial charge is 0.115 e. The molecule has 0 radical (unpaired) electrons. The molecule has 1 aliphatic heterocycles. The van der Waals surface area contributed by atoms with Crippen molar-refractivity contribution in [3.05, 3.63) is 29.3 Å². The maximum atomic E-state index is 9.77. The lowest BCUT2D eigenvalue weighted by molar-refractivity contribution is 0.211. The van der Waals surface area contributed by atoms with E-state index in [1.54, 1.807) is 0 Å². The summed E-state index contributed by atoms with van der Waals surface area (Å²) in [6, 6.07) is 6.64. The average Bonchev–Trinajstić information content (AvgIpc) is 2.68. The summed E-state index contributed by atoms with van der Waals surface area (Å²) in [5.41, 5.74) is 3.16. The zero-order valence-corrected chi connectivity index (χ0v) is 10.7. The number of aromatic hydroxyl groups is 1. The number of hydrogen-bond acceptors (Lipinski definition) is 2. The molecule has 0 spiro atoms. The van der Waals surface area contributed by atoms with Gasteiger partial charge in [-0.2, -0.15) is 0 Å². The Morgan fingerprint density at radius 3 is 3.06 bits per heavy atom. The molecule has 1 aromatic carbocycles. The van der Waals surface area contributed by atoms with E-state index in [1.807, 2.05) is 12.1 Å². The third-order valence-corrected chi connectivity index (χ3v) is 5.03. The molecule has 2 aliphatic rings. The minimum atomic E-state index is 0.293. The number of hydrogen-bond donors (Lipinski definition) is 1. The second kappa shape index (κ2) is 3.74. The van der Waals surface area contributed by atoms with E-state index in [9.17, 15) is 5.11 Å². The van der Waals surface area contributed by atoms with Gasteiger partial charge in [-0.3, -0.25) is 0 Å². The molecule has 1 aromatic rings. The predicted molar refractivity (Wildman–Crippen MR) is 69.4 cm³/mol. The van der Waals surface area contributed by atoms with Gasteiger partial charge >= 0.3 is 0 Å². The molecule has 1 saturated heterocycles. The van der Waals surface area contributed by atoms with E-state index in [1.165, 1.54) is 36.9 Å². The van der Waals surface area contributed by atoms with E-state index in [-0.39, 0.29) is 0 Å². The first-order valence-corrected chi connectivity index (χ1v) is 6.70. The van der Waals surface area contributed by atoms with Crippen molar-refractivity contribution in [3.63, 3.8) is 0 Å². The van der Waals surface area contributed by atoms with Gasteiger partial charge < -0.3 is 10.0 Å². The van der Waals surface area contributed by atoms with E-state index in [0.29, 0.717) is 17.2 Å². The number of rotatable bonds is 1. The number of fused-ring (bicyclic) bond motifs is 3. The van der Waals surface area contributed by atoms with Crippen molar-refractivity contribution in [1.29, 1.82) is 0 Å². The van der Waals surface area contributed by atoms with Gasteiger partial charge in [-0.05, 0) is 62.5 Å². The van der Waals surface area contributed by atoms with Crippen LogP contribution in [0.3, 0.4) is 0 Å². The van der Waals surface area contributed by atoms with Gasteiger partial charge in [-0.1, -0.05) is 13.0 Å². The maximum absolute atomic E-state index is 9.77. The first-order valence-electron chi connectivity index (χ1n) is 6.70. The number of nitrogens with zero attached hydrogens (tertiary/aromatic N) is 1. The number of benzene rings is 1. The molecule has 2 heteroatoms. The monoisotopic (exact) mass is 231 g/mol. The van der Waals surface area contributed by atoms with Crippen LogP contribution in [0.4, 0.5) is 0 Å². The van der Waals surface area contributed by atoms with E-state index >= 15 is 0 Å². The Bertz CT molecular complexity index is 443. The lowest BCUT2D eigenvalue weighted by atomic mass is 9.65. The minimum Gasteiger partial charge on any atom is -0.508 e. The van der Waals surface area contributed by atoms with E-state index in [4.69, 9.17) is 0 Å². The molecule has 2 atom stereocenters. The molecule has 0 bridgehead atoms. The van der Waals surface area contributed by atoms with Crippen LogP contribution in [-0.4, -0.2) is 29.6 Å². The Balaban J connectivity index is 2.15. The zero-order chi connectivity index (χ0) is 12.0. The van der Waals surface area contributed by atoms with Crippen molar-refractivity contribution in [2.24, 2.45) is 0 Å². The molecule has 1 heterocycles. The Morgan fingerprint density at radius 2 is 2.29 bits per heavy atom. The Kier molecular flexibility index (Phi) is 2.44. The van der Waals surface area contributed by atoms with Crippen LogP contribution in [0.5, 0.6) is 5.75 Å². The molecule has 2 nitrogen and oxygen atoms in total. The molecule has 0 saturated carbocycles. The van der Waals surface area contributed by atoms with Crippen molar-refractivity contribution in [2.45, 2.75) is 44.1 Å². The summed E-state index contributed by atoms with van der Waals surface area (Å²) in [6.07, 6.45) is 4.84. The van der Waals surface area contributed by atoms with Crippen LogP contribution >= 0.6 is 0 Å². The summed E-state index contributed by atoms with van der Waals surface area (Å²) in [6.45, 7) is 3.49. The number of aryl methyl sites for hydroxylation is 1. The summed E-state index contributed by atoms with van der Waals surface area (Å²) in [5, 5.41) is 9.77. The fraction of sp³-hybridized carbons (Fsp3) is 0.600. The summed E-state index contributed by atoms with van der Waals surface area (Å²) >= 11 is 0. The van der Waals surface area contributed by atoms with Crippen LogP contribution in [0.2, 0.25) is 0 Å². The van der Waals surface area contributed by atoms with Gasteiger partial charge in [0.2, 0.25) is 0 Å². The summed E-state index contributed by atoms with van der Waals surface area (Å²) in [4.78, 5) is 2.51. The Morgan fingerprint density at radius 1 is 1.47 bits per heavy atom. The van der Waals surface area contributed by atoms with Gasteiger partial charge in [0.05, 0.1) is 0 Å². The van der Waals surface area contributed by atoms with Crippen LogP contribution in [0.1, 0.15) is 37.3 Å². The van der Waals surface area contributed by atoms with Crippen molar-refractivity contribution >= 4 is 0 Å². The van der Waals surface area contributed by atoms with E-state index in [2.05, 4.69) is 24.9 Å². The van der Waals surface area contributed by atoms with Crippen LogP contribution in [0.25, 0.3) is 0 Å². The van der Waals surface area contributed by atoms with Gasteiger partial charge in [0.25, 0.3) is 0 Å². The normalized spacial score (nSPS) is 32.2. The predicted octanol–water partition coefficient (Wildman–Crippen LogP) is 2.69. The number of likely N-dealkylation sites (N-methyl/N-ethyl adjacent to an activating group) is 1. The third kappa shape index (κ3) is 1.43. The lowest BCUT2D eigenvalue weighted by Crippen LogP contribution is -2.44. The minimum absolute atomic E-state index is 0.293. The SMILES string of the molecule is CC[C@@]12CCN(C)[C@@H]1CCc1ccc(O)cc12. The Hall–Kier alpha value is -1.02. The number of phenolic OH excluding ortho intramolecular Hbond substituents is 1.